The van der Waals surface area contributed by atoms with Gasteiger partial charge in [-0.25, -0.2) is 0 Å². The molecule has 1 fully saturated rings. The van der Waals surface area contributed by atoms with Gasteiger partial charge in [-0.1, -0.05) is 43.6 Å². The summed E-state index contributed by atoms with van der Waals surface area (Å²) in [6.07, 6.45) is 3.59. The number of hydrogen-bond acceptors (Lipinski definition) is 2. The highest BCUT2D eigenvalue weighted by Crippen LogP contribution is 2.46. The Balaban J connectivity index is 2.15. The summed E-state index contributed by atoms with van der Waals surface area (Å²) in [5.41, 5.74) is 7.82. The first-order chi connectivity index (χ1) is 8.88. The molecule has 1 atom stereocenters. The van der Waals surface area contributed by atoms with Gasteiger partial charge in [-0.05, 0) is 43.4 Å². The fourth-order valence-corrected chi connectivity index (χ4v) is 3.54. The van der Waals surface area contributed by atoms with Crippen LogP contribution in [0.25, 0.3) is 0 Å². The summed E-state index contributed by atoms with van der Waals surface area (Å²) in [4.78, 5) is 2.41. The van der Waals surface area contributed by atoms with E-state index in [1.807, 2.05) is 18.2 Å². The molecule has 0 spiro atoms. The van der Waals surface area contributed by atoms with Gasteiger partial charge in [-0.15, -0.1) is 0 Å². The van der Waals surface area contributed by atoms with Crippen molar-refractivity contribution in [1.82, 2.24) is 4.90 Å². The number of hydrogen-bond donors (Lipinski definition) is 1. The van der Waals surface area contributed by atoms with Crippen molar-refractivity contribution < 1.29 is 0 Å². The number of benzene rings is 1. The fourth-order valence-electron chi connectivity index (χ4n) is 3.34. The zero-order chi connectivity index (χ0) is 14.1. The van der Waals surface area contributed by atoms with Gasteiger partial charge >= 0.3 is 0 Å². The Kier molecular flexibility index (Phi) is 4.24. The average molecular weight is 281 g/mol. The van der Waals surface area contributed by atoms with Gasteiger partial charge in [0.05, 0.1) is 0 Å². The minimum atomic E-state index is 0.128. The Morgan fingerprint density at radius 1 is 1.26 bits per heavy atom. The minimum Gasteiger partial charge on any atom is -0.329 e. The largest absolute Gasteiger partial charge is 0.329 e. The maximum atomic E-state index is 6.26. The summed E-state index contributed by atoms with van der Waals surface area (Å²) in [7, 11) is 2.18. The van der Waals surface area contributed by atoms with Gasteiger partial charge in [0.1, 0.15) is 0 Å². The zero-order valence-electron chi connectivity index (χ0n) is 12.2. The van der Waals surface area contributed by atoms with E-state index in [1.165, 1.54) is 18.4 Å². The lowest BCUT2D eigenvalue weighted by atomic mass is 9.86. The van der Waals surface area contributed by atoms with Gasteiger partial charge in [0, 0.05) is 23.7 Å². The SMILES string of the molecule is CN(Cc1ccccc1Cl)C1(CN)CCC(C)(C)C1. The Labute approximate surface area is 121 Å². The summed E-state index contributed by atoms with van der Waals surface area (Å²) >= 11 is 6.26. The van der Waals surface area contributed by atoms with Crippen LogP contribution < -0.4 is 5.73 Å². The molecule has 1 aliphatic rings. The van der Waals surface area contributed by atoms with Gasteiger partial charge in [-0.3, -0.25) is 4.90 Å². The van der Waals surface area contributed by atoms with Crippen LogP contribution in [0.4, 0.5) is 0 Å². The number of likely N-dealkylation sites (N-methyl/N-ethyl adjacent to an activating group) is 1. The van der Waals surface area contributed by atoms with E-state index >= 15 is 0 Å². The number of halogens is 1. The molecule has 0 heterocycles. The number of nitrogens with zero attached hydrogens (tertiary/aromatic N) is 1. The van der Waals surface area contributed by atoms with Gasteiger partial charge in [0.15, 0.2) is 0 Å². The summed E-state index contributed by atoms with van der Waals surface area (Å²) < 4.78 is 0. The molecule has 0 radical (unpaired) electrons. The van der Waals surface area contributed by atoms with E-state index < -0.39 is 0 Å². The Morgan fingerprint density at radius 3 is 2.47 bits per heavy atom. The second-order valence-corrected chi connectivity index (χ2v) is 7.12. The molecule has 1 saturated carbocycles. The molecule has 3 heteroatoms. The molecule has 2 rings (SSSR count). The lowest BCUT2D eigenvalue weighted by Crippen LogP contribution is -2.50. The third-order valence-electron chi connectivity index (χ3n) is 4.63. The predicted molar refractivity (Wildman–Crippen MR) is 82.3 cm³/mol. The quantitative estimate of drug-likeness (QED) is 0.912. The Bertz CT molecular complexity index is 444. The normalized spacial score (nSPS) is 26.0. The number of nitrogens with two attached hydrogens (primary N) is 1. The van der Waals surface area contributed by atoms with Gasteiger partial charge in [0.25, 0.3) is 0 Å². The first-order valence-electron chi connectivity index (χ1n) is 7.03. The maximum absolute atomic E-state index is 6.26. The topological polar surface area (TPSA) is 29.3 Å². The smallest absolute Gasteiger partial charge is 0.0451 e. The van der Waals surface area contributed by atoms with Crippen molar-refractivity contribution in [2.45, 2.75) is 45.2 Å². The summed E-state index contributed by atoms with van der Waals surface area (Å²) in [6.45, 7) is 6.27. The first-order valence-corrected chi connectivity index (χ1v) is 7.41. The molecule has 1 unspecified atom stereocenters. The first kappa shape index (κ1) is 14.8. The Hall–Kier alpha value is -0.570. The number of rotatable bonds is 4. The predicted octanol–water partition coefficient (Wildman–Crippen LogP) is 3.68. The van der Waals surface area contributed by atoms with Crippen molar-refractivity contribution in [1.29, 1.82) is 0 Å². The standard InChI is InChI=1S/C16H25ClN2/c1-15(2)8-9-16(11-15,12-18)19(3)10-13-6-4-5-7-14(13)17/h4-7H,8-12,18H2,1-3H3. The molecule has 2 N–H and O–H groups in total. The van der Waals surface area contributed by atoms with Crippen LogP contribution in [-0.2, 0) is 6.54 Å². The zero-order valence-corrected chi connectivity index (χ0v) is 13.0. The molecular weight excluding hydrogens is 256 g/mol. The maximum Gasteiger partial charge on any atom is 0.0451 e. The van der Waals surface area contributed by atoms with Crippen molar-refractivity contribution in [2.24, 2.45) is 11.1 Å². The van der Waals surface area contributed by atoms with E-state index in [0.717, 1.165) is 24.5 Å². The van der Waals surface area contributed by atoms with Gasteiger partial charge in [0.2, 0.25) is 0 Å². The average Bonchev–Trinajstić information content (AvgIpc) is 2.69. The third-order valence-corrected chi connectivity index (χ3v) is 5.00. The van der Waals surface area contributed by atoms with Crippen molar-refractivity contribution in [3.8, 4) is 0 Å². The van der Waals surface area contributed by atoms with Crippen LogP contribution in [0.5, 0.6) is 0 Å². The van der Waals surface area contributed by atoms with E-state index in [-0.39, 0.29) is 5.54 Å². The van der Waals surface area contributed by atoms with E-state index in [4.69, 9.17) is 17.3 Å². The van der Waals surface area contributed by atoms with Crippen LogP contribution in [0.3, 0.4) is 0 Å². The third kappa shape index (κ3) is 3.13. The minimum absolute atomic E-state index is 0.128. The van der Waals surface area contributed by atoms with Gasteiger partial charge < -0.3 is 5.73 Å². The highest BCUT2D eigenvalue weighted by Gasteiger charge is 2.44. The lowest BCUT2D eigenvalue weighted by Gasteiger charge is -2.39. The van der Waals surface area contributed by atoms with Crippen LogP contribution in [-0.4, -0.2) is 24.0 Å². The van der Waals surface area contributed by atoms with Crippen LogP contribution in [0.15, 0.2) is 24.3 Å². The Morgan fingerprint density at radius 2 is 1.95 bits per heavy atom. The second kappa shape index (κ2) is 5.43. The molecule has 19 heavy (non-hydrogen) atoms. The summed E-state index contributed by atoms with van der Waals surface area (Å²) in [5, 5.41) is 0.846. The highest BCUT2D eigenvalue weighted by molar-refractivity contribution is 6.31. The van der Waals surface area contributed by atoms with Crippen molar-refractivity contribution in [2.75, 3.05) is 13.6 Å². The molecule has 1 aromatic carbocycles. The van der Waals surface area contributed by atoms with Crippen molar-refractivity contribution in [3.05, 3.63) is 34.9 Å². The van der Waals surface area contributed by atoms with Gasteiger partial charge in [-0.2, -0.15) is 0 Å². The lowest BCUT2D eigenvalue weighted by molar-refractivity contribution is 0.111. The molecule has 0 aliphatic heterocycles. The van der Waals surface area contributed by atoms with Crippen molar-refractivity contribution in [3.63, 3.8) is 0 Å². The molecule has 0 bridgehead atoms. The molecule has 0 aromatic heterocycles. The fraction of sp³-hybridized carbons (Fsp3) is 0.625. The molecule has 106 valence electrons. The molecular formula is C16H25ClN2. The van der Waals surface area contributed by atoms with E-state index in [2.05, 4.69) is 31.9 Å². The monoisotopic (exact) mass is 280 g/mol. The highest BCUT2D eigenvalue weighted by atomic mass is 35.5. The summed E-state index contributed by atoms with van der Waals surface area (Å²) in [5.74, 6) is 0. The van der Waals surface area contributed by atoms with Crippen LogP contribution in [0.2, 0.25) is 5.02 Å². The van der Waals surface area contributed by atoms with E-state index in [9.17, 15) is 0 Å². The van der Waals surface area contributed by atoms with Crippen LogP contribution in [0.1, 0.15) is 38.7 Å². The molecule has 1 aliphatic carbocycles. The van der Waals surface area contributed by atoms with Crippen LogP contribution >= 0.6 is 11.6 Å². The van der Waals surface area contributed by atoms with Crippen LogP contribution in [0, 0.1) is 5.41 Å². The molecule has 2 nitrogen and oxygen atoms in total. The molecule has 0 amide bonds. The van der Waals surface area contributed by atoms with E-state index in [1.54, 1.807) is 0 Å². The molecule has 1 aromatic rings. The second-order valence-electron chi connectivity index (χ2n) is 6.72. The van der Waals surface area contributed by atoms with E-state index in [0.29, 0.717) is 5.41 Å². The summed E-state index contributed by atoms with van der Waals surface area (Å²) in [6, 6.07) is 8.08. The van der Waals surface area contributed by atoms with Crippen molar-refractivity contribution >= 4 is 11.6 Å². The molecule has 0 saturated heterocycles.